The fourth-order valence-electron chi connectivity index (χ4n) is 3.21. The van der Waals surface area contributed by atoms with Crippen molar-refractivity contribution in [1.29, 1.82) is 0 Å². The Hall–Kier alpha value is -3.19. The SMILES string of the molecule is CCOc1ccc2nc(NC(=O)CCc3ncc(-c4ccc(C(C)C)cc4)o3)sc2c1. The minimum absolute atomic E-state index is 0.120. The monoisotopic (exact) mass is 435 g/mol. The molecule has 0 aliphatic heterocycles. The Labute approximate surface area is 185 Å². The van der Waals surface area contributed by atoms with Gasteiger partial charge in [0.2, 0.25) is 5.91 Å². The van der Waals surface area contributed by atoms with E-state index in [9.17, 15) is 4.79 Å². The molecule has 2 aromatic heterocycles. The molecule has 0 saturated carbocycles. The molecule has 0 radical (unpaired) electrons. The highest BCUT2D eigenvalue weighted by atomic mass is 32.1. The fraction of sp³-hybridized carbons (Fsp3) is 0.292. The van der Waals surface area contributed by atoms with Crippen LogP contribution in [0.3, 0.4) is 0 Å². The number of fused-ring (bicyclic) bond motifs is 1. The molecular weight excluding hydrogens is 410 g/mol. The number of aryl methyl sites for hydroxylation is 1. The molecule has 7 heteroatoms. The van der Waals surface area contributed by atoms with Gasteiger partial charge in [0.05, 0.1) is 23.0 Å². The van der Waals surface area contributed by atoms with Gasteiger partial charge in [-0.3, -0.25) is 4.79 Å². The molecule has 0 fully saturated rings. The van der Waals surface area contributed by atoms with Crippen LogP contribution in [0.15, 0.2) is 53.1 Å². The van der Waals surface area contributed by atoms with Gasteiger partial charge in [0.1, 0.15) is 5.75 Å². The van der Waals surface area contributed by atoms with Gasteiger partial charge >= 0.3 is 0 Å². The number of carbonyl (C=O) groups excluding carboxylic acids is 1. The highest BCUT2D eigenvalue weighted by Crippen LogP contribution is 2.29. The van der Waals surface area contributed by atoms with Gasteiger partial charge in [-0.2, -0.15) is 0 Å². The number of amides is 1. The third-order valence-electron chi connectivity index (χ3n) is 4.90. The van der Waals surface area contributed by atoms with Gasteiger partial charge in [-0.25, -0.2) is 9.97 Å². The number of oxazole rings is 1. The van der Waals surface area contributed by atoms with Crippen LogP contribution in [0.1, 0.15) is 44.6 Å². The fourth-order valence-corrected chi connectivity index (χ4v) is 4.12. The quantitative estimate of drug-likeness (QED) is 0.365. The lowest BCUT2D eigenvalue weighted by Gasteiger charge is -2.05. The van der Waals surface area contributed by atoms with Crippen LogP contribution >= 0.6 is 11.3 Å². The number of anilines is 1. The molecule has 0 aliphatic rings. The first-order valence-electron chi connectivity index (χ1n) is 10.4. The Morgan fingerprint density at radius 1 is 1.19 bits per heavy atom. The number of aromatic nitrogens is 2. The Morgan fingerprint density at radius 3 is 2.74 bits per heavy atom. The van der Waals surface area contributed by atoms with Crippen LogP contribution in [-0.4, -0.2) is 22.5 Å². The molecule has 4 rings (SSSR count). The molecule has 0 aliphatic carbocycles. The molecule has 31 heavy (non-hydrogen) atoms. The normalized spacial score (nSPS) is 11.2. The van der Waals surface area contributed by atoms with Gasteiger partial charge in [0.15, 0.2) is 16.8 Å². The van der Waals surface area contributed by atoms with Crippen molar-refractivity contribution in [2.75, 3.05) is 11.9 Å². The minimum atomic E-state index is -0.120. The van der Waals surface area contributed by atoms with Crippen LogP contribution in [0, 0.1) is 0 Å². The molecule has 1 amide bonds. The van der Waals surface area contributed by atoms with Gasteiger partial charge in [0.25, 0.3) is 0 Å². The molecule has 0 saturated heterocycles. The number of rotatable bonds is 8. The summed E-state index contributed by atoms with van der Waals surface area (Å²) < 4.78 is 12.3. The zero-order valence-corrected chi connectivity index (χ0v) is 18.7. The summed E-state index contributed by atoms with van der Waals surface area (Å²) >= 11 is 1.43. The second-order valence-corrected chi connectivity index (χ2v) is 8.56. The first kappa shape index (κ1) is 21.1. The molecule has 2 aromatic carbocycles. The number of ether oxygens (including phenoxy) is 1. The van der Waals surface area contributed by atoms with E-state index in [0.717, 1.165) is 21.5 Å². The standard InChI is InChI=1S/C24H25N3O3S/c1-4-29-18-9-10-19-21(13-18)31-24(26-19)27-22(28)11-12-23-25-14-20(30-23)17-7-5-16(6-8-17)15(2)3/h5-10,13-15H,4,11-12H2,1-3H3,(H,26,27,28). The Morgan fingerprint density at radius 2 is 2.00 bits per heavy atom. The summed E-state index contributed by atoms with van der Waals surface area (Å²) in [6, 6.07) is 14.0. The van der Waals surface area contributed by atoms with E-state index in [1.54, 1.807) is 6.20 Å². The summed E-state index contributed by atoms with van der Waals surface area (Å²) in [6.45, 7) is 6.89. The largest absolute Gasteiger partial charge is 0.494 e. The van der Waals surface area contributed by atoms with Crippen molar-refractivity contribution in [3.8, 4) is 17.1 Å². The van der Waals surface area contributed by atoms with E-state index in [1.807, 2.05) is 37.3 Å². The number of hydrogen-bond donors (Lipinski definition) is 1. The van der Waals surface area contributed by atoms with Crippen LogP contribution in [0.4, 0.5) is 5.13 Å². The van der Waals surface area contributed by atoms with Gasteiger partial charge in [-0.05, 0) is 36.6 Å². The highest BCUT2D eigenvalue weighted by Gasteiger charge is 2.12. The van der Waals surface area contributed by atoms with Crippen molar-refractivity contribution < 1.29 is 13.9 Å². The molecule has 0 spiro atoms. The highest BCUT2D eigenvalue weighted by molar-refractivity contribution is 7.22. The third-order valence-corrected chi connectivity index (χ3v) is 5.83. The lowest BCUT2D eigenvalue weighted by atomic mass is 10.0. The lowest BCUT2D eigenvalue weighted by molar-refractivity contribution is -0.116. The number of nitrogens with one attached hydrogen (secondary N) is 1. The van der Waals surface area contributed by atoms with Crippen LogP contribution in [0.25, 0.3) is 21.5 Å². The number of benzene rings is 2. The van der Waals surface area contributed by atoms with E-state index in [0.29, 0.717) is 35.7 Å². The Balaban J connectivity index is 1.34. The predicted octanol–water partition coefficient (Wildman–Crippen LogP) is 6.04. The average Bonchev–Trinajstić information content (AvgIpc) is 3.39. The maximum absolute atomic E-state index is 12.4. The van der Waals surface area contributed by atoms with Crippen LogP contribution < -0.4 is 10.1 Å². The average molecular weight is 436 g/mol. The first-order valence-corrected chi connectivity index (χ1v) is 11.2. The van der Waals surface area contributed by atoms with Crippen molar-refractivity contribution in [3.63, 3.8) is 0 Å². The number of thiazole rings is 1. The lowest BCUT2D eigenvalue weighted by Crippen LogP contribution is -2.12. The van der Waals surface area contributed by atoms with Crippen molar-refractivity contribution in [2.45, 2.75) is 39.5 Å². The molecule has 1 N–H and O–H groups in total. The minimum Gasteiger partial charge on any atom is -0.494 e. The molecular formula is C24H25N3O3S. The maximum atomic E-state index is 12.4. The first-order chi connectivity index (χ1) is 15.0. The zero-order chi connectivity index (χ0) is 21.8. The van der Waals surface area contributed by atoms with Crippen LogP contribution in [-0.2, 0) is 11.2 Å². The van der Waals surface area contributed by atoms with Gasteiger partial charge in [-0.15, -0.1) is 0 Å². The summed E-state index contributed by atoms with van der Waals surface area (Å²) in [5, 5.41) is 3.44. The zero-order valence-electron chi connectivity index (χ0n) is 17.8. The van der Waals surface area contributed by atoms with Crippen molar-refractivity contribution in [1.82, 2.24) is 9.97 Å². The molecule has 6 nitrogen and oxygen atoms in total. The second-order valence-electron chi connectivity index (χ2n) is 7.52. The topological polar surface area (TPSA) is 77.2 Å². The summed E-state index contributed by atoms with van der Waals surface area (Å²) in [7, 11) is 0. The van der Waals surface area contributed by atoms with Gasteiger partial charge in [0, 0.05) is 18.4 Å². The number of nitrogens with zero attached hydrogens (tertiary/aromatic N) is 2. The van der Waals surface area contributed by atoms with Gasteiger partial charge in [-0.1, -0.05) is 49.4 Å². The Kier molecular flexibility index (Phi) is 6.32. The molecule has 0 bridgehead atoms. The van der Waals surface area contributed by atoms with E-state index in [2.05, 4.69) is 41.3 Å². The van der Waals surface area contributed by atoms with E-state index < -0.39 is 0 Å². The molecule has 160 valence electrons. The molecule has 0 atom stereocenters. The molecule has 4 aromatic rings. The smallest absolute Gasteiger partial charge is 0.226 e. The van der Waals surface area contributed by atoms with Crippen molar-refractivity contribution >= 4 is 32.6 Å². The van der Waals surface area contributed by atoms with E-state index in [1.165, 1.54) is 16.9 Å². The summed E-state index contributed by atoms with van der Waals surface area (Å²) in [4.78, 5) is 21.2. The second kappa shape index (κ2) is 9.31. The molecule has 2 heterocycles. The van der Waals surface area contributed by atoms with Crippen molar-refractivity contribution in [2.24, 2.45) is 0 Å². The van der Waals surface area contributed by atoms with Gasteiger partial charge < -0.3 is 14.5 Å². The van der Waals surface area contributed by atoms with E-state index >= 15 is 0 Å². The van der Waals surface area contributed by atoms with E-state index in [-0.39, 0.29) is 12.3 Å². The molecule has 0 unspecified atom stereocenters. The maximum Gasteiger partial charge on any atom is 0.226 e. The third kappa shape index (κ3) is 5.11. The van der Waals surface area contributed by atoms with Crippen molar-refractivity contribution in [3.05, 3.63) is 60.1 Å². The number of carbonyl (C=O) groups is 1. The van der Waals surface area contributed by atoms with E-state index in [4.69, 9.17) is 9.15 Å². The predicted molar refractivity (Wildman–Crippen MR) is 124 cm³/mol. The summed E-state index contributed by atoms with van der Waals surface area (Å²) in [5.74, 6) is 2.42. The number of hydrogen-bond acceptors (Lipinski definition) is 6. The summed E-state index contributed by atoms with van der Waals surface area (Å²) in [5.41, 5.74) is 3.10. The van der Waals surface area contributed by atoms with Crippen LogP contribution in [0.5, 0.6) is 5.75 Å². The van der Waals surface area contributed by atoms with Crippen LogP contribution in [0.2, 0.25) is 0 Å². The summed E-state index contributed by atoms with van der Waals surface area (Å²) in [6.07, 6.45) is 2.41. The Bertz CT molecular complexity index is 1180.